The number of amides is 2. The lowest BCUT2D eigenvalue weighted by Crippen LogP contribution is -2.61. The molecule has 0 aromatic carbocycles. The predicted octanol–water partition coefficient (Wildman–Crippen LogP) is 8.63. The summed E-state index contributed by atoms with van der Waals surface area (Å²) in [7, 11) is -2.05. The van der Waals surface area contributed by atoms with Gasteiger partial charge in [-0.25, -0.2) is 4.79 Å². The number of hydrogen-bond donors (Lipinski definition) is 1. The fourth-order valence-electron chi connectivity index (χ4n) is 16.6. The molecule has 5 aliphatic carbocycles. The summed E-state index contributed by atoms with van der Waals surface area (Å²) in [5.41, 5.74) is 0.803. The quantitative estimate of drug-likeness (QED) is 0.207. The van der Waals surface area contributed by atoms with Gasteiger partial charge in [0.25, 0.3) is 0 Å². The Morgan fingerprint density at radius 1 is 0.949 bits per heavy atom. The van der Waals surface area contributed by atoms with E-state index in [0.717, 1.165) is 70.0 Å². The largest absolute Gasteiger partial charge is 0.443 e. The van der Waals surface area contributed by atoms with Crippen LogP contribution < -0.4 is 5.32 Å². The van der Waals surface area contributed by atoms with Gasteiger partial charge in [0.1, 0.15) is 6.10 Å². The van der Waals surface area contributed by atoms with E-state index in [1.165, 1.54) is 38.5 Å². The average molecular weight is 840 g/mol. The SMILES string of the molecule is CC[Si](CC)(CC)O[C@H]1C2OC([C@H](OC(=O)N3CCC3)C(C)C)C[C@@H](C)[C@@H]2[C@@]2(C)CC[C@@]34C[C@@]35CC[C@H](OC3CN([C@@H]6CCNC6=O)CCO3)C(C)(C)[C@@H]5CCC4[C@]12C. The molecule has 59 heavy (non-hydrogen) atoms. The normalized spacial score (nSPS) is 46.9. The van der Waals surface area contributed by atoms with Crippen LogP contribution in [0, 0.1) is 56.7 Å². The third kappa shape index (κ3) is 6.27. The van der Waals surface area contributed by atoms with E-state index in [-0.39, 0.29) is 77.0 Å². The van der Waals surface area contributed by atoms with Crippen LogP contribution >= 0.6 is 0 Å². The Labute approximate surface area is 357 Å². The maximum Gasteiger partial charge on any atom is 0.410 e. The highest BCUT2D eigenvalue weighted by atomic mass is 28.4. The van der Waals surface area contributed by atoms with E-state index in [0.29, 0.717) is 47.7 Å². The first kappa shape index (κ1) is 43.0. The van der Waals surface area contributed by atoms with Crippen molar-refractivity contribution in [3.05, 3.63) is 0 Å². The highest BCUT2D eigenvalue weighted by Gasteiger charge is 2.85. The van der Waals surface area contributed by atoms with E-state index in [2.05, 4.69) is 79.5 Å². The molecule has 4 saturated heterocycles. The lowest BCUT2D eigenvalue weighted by atomic mass is 9.41. The Morgan fingerprint density at radius 3 is 2.31 bits per heavy atom. The maximum atomic E-state index is 13.3. The second-order valence-electron chi connectivity index (χ2n) is 22.8. The Morgan fingerprint density at radius 2 is 1.66 bits per heavy atom. The molecule has 4 unspecified atom stereocenters. The van der Waals surface area contributed by atoms with Crippen molar-refractivity contribution in [1.82, 2.24) is 15.1 Å². The fraction of sp³-hybridized carbons (Fsp3) is 0.958. The molecule has 0 aromatic rings. The number of carbonyl (C=O) groups is 2. The number of nitrogens with one attached hydrogen (secondary N) is 1. The van der Waals surface area contributed by atoms with Gasteiger partial charge in [0.15, 0.2) is 14.6 Å². The van der Waals surface area contributed by atoms with Crippen LogP contribution in [0.5, 0.6) is 0 Å². The molecule has 9 aliphatic rings. The Balaban J connectivity index is 1.00. The van der Waals surface area contributed by atoms with E-state index >= 15 is 0 Å². The van der Waals surface area contributed by atoms with Crippen molar-refractivity contribution in [3.63, 3.8) is 0 Å². The zero-order chi connectivity index (χ0) is 41.9. The molecule has 4 heterocycles. The standard InChI is InChI=1S/C48H81N3O7Si/c1-11-59(12-2,13-3)58-41-40-38(31(6)27-33(55-40)39(30(4)5)57-43(53)50-23-14-24-50)45(9)20-21-48-29-47(48)19-17-36(44(7,8)34(47)15-16-35(48)46(41,45)10)56-37-28-51(25-26-54-37)32-18-22-49-42(32)52/h30-41H,11-29H2,1-10H3,(H,49,52)/t31-,32-,33?,34+,35?,36+,37?,38+,39-,40?,41+,45-,46-,47-,48+/m1/s1. The molecule has 1 N–H and O–H groups in total. The van der Waals surface area contributed by atoms with Gasteiger partial charge in [-0.15, -0.1) is 0 Å². The van der Waals surface area contributed by atoms with Crippen LogP contribution in [-0.2, 0) is 28.2 Å². The number of rotatable bonds is 11. The molecule has 0 radical (unpaired) electrons. The molecular formula is C48H81N3O7Si. The van der Waals surface area contributed by atoms with Gasteiger partial charge < -0.3 is 33.6 Å². The summed E-state index contributed by atoms with van der Waals surface area (Å²) in [4.78, 5) is 30.1. The summed E-state index contributed by atoms with van der Waals surface area (Å²) in [6.07, 6.45) is 10.9. The second-order valence-corrected chi connectivity index (χ2v) is 27.6. The summed E-state index contributed by atoms with van der Waals surface area (Å²) in [5.74, 6) is 2.41. The molecule has 334 valence electrons. The highest BCUT2D eigenvalue weighted by Crippen LogP contribution is 2.89. The molecule has 5 saturated carbocycles. The number of morpholine rings is 1. The molecule has 9 rings (SSSR count). The number of likely N-dealkylation sites (tertiary alicyclic amines) is 1. The van der Waals surface area contributed by atoms with Crippen molar-refractivity contribution < 1.29 is 33.0 Å². The van der Waals surface area contributed by atoms with Crippen molar-refractivity contribution >= 4 is 20.3 Å². The van der Waals surface area contributed by atoms with E-state index in [1.54, 1.807) is 0 Å². The number of ether oxygens (including phenoxy) is 4. The van der Waals surface area contributed by atoms with Crippen molar-refractivity contribution in [2.45, 2.75) is 194 Å². The number of nitrogens with zero attached hydrogens (tertiary/aromatic N) is 2. The van der Waals surface area contributed by atoms with Crippen molar-refractivity contribution in [3.8, 4) is 0 Å². The third-order valence-corrected chi connectivity index (χ3v) is 24.9. The Hall–Kier alpha value is -1.24. The van der Waals surface area contributed by atoms with Gasteiger partial charge >= 0.3 is 6.09 Å². The molecule has 15 atom stereocenters. The van der Waals surface area contributed by atoms with Gasteiger partial charge in [-0.1, -0.05) is 69.2 Å². The van der Waals surface area contributed by atoms with E-state index in [1.807, 2.05) is 4.90 Å². The summed E-state index contributed by atoms with van der Waals surface area (Å²) in [5, 5.41) is 3.03. The van der Waals surface area contributed by atoms with E-state index in [9.17, 15) is 9.59 Å². The fourth-order valence-corrected chi connectivity index (χ4v) is 19.6. The van der Waals surface area contributed by atoms with E-state index < -0.39 is 8.32 Å². The van der Waals surface area contributed by atoms with Crippen molar-refractivity contribution in [1.29, 1.82) is 0 Å². The number of hydrogen-bond acceptors (Lipinski definition) is 8. The van der Waals surface area contributed by atoms with Gasteiger partial charge in [-0.3, -0.25) is 9.69 Å². The molecule has 10 nitrogen and oxygen atoms in total. The van der Waals surface area contributed by atoms with Crippen LogP contribution in [-0.4, -0.2) is 112 Å². The first-order valence-electron chi connectivity index (χ1n) is 24.6. The zero-order valence-corrected chi connectivity index (χ0v) is 39.6. The number of fused-ring (bicyclic) bond motifs is 4. The van der Waals surface area contributed by atoms with Crippen LogP contribution in [0.25, 0.3) is 0 Å². The van der Waals surface area contributed by atoms with Crippen molar-refractivity contribution in [2.24, 2.45) is 56.7 Å². The molecule has 2 amide bonds. The van der Waals surface area contributed by atoms with Gasteiger partial charge in [0.2, 0.25) is 5.91 Å². The molecule has 4 aliphatic heterocycles. The molecule has 2 spiro atoms. The lowest BCUT2D eigenvalue weighted by molar-refractivity contribution is -0.250. The topological polar surface area (TPSA) is 98.8 Å². The van der Waals surface area contributed by atoms with Gasteiger partial charge in [0, 0.05) is 31.6 Å². The molecule has 9 fully saturated rings. The highest BCUT2D eigenvalue weighted by molar-refractivity contribution is 6.73. The summed E-state index contributed by atoms with van der Waals surface area (Å²) >= 11 is 0. The maximum absolute atomic E-state index is 13.3. The molecule has 0 aromatic heterocycles. The smallest absolute Gasteiger partial charge is 0.410 e. The van der Waals surface area contributed by atoms with Crippen LogP contribution in [0.15, 0.2) is 0 Å². The third-order valence-electron chi connectivity index (χ3n) is 20.3. The number of carbonyl (C=O) groups excluding carboxylic acids is 2. The monoisotopic (exact) mass is 840 g/mol. The first-order chi connectivity index (χ1) is 28.0. The van der Waals surface area contributed by atoms with Crippen LogP contribution in [0.1, 0.15) is 133 Å². The molecule has 0 bridgehead atoms. The van der Waals surface area contributed by atoms with Gasteiger partial charge in [-0.05, 0) is 134 Å². The minimum atomic E-state index is -2.05. The molecular weight excluding hydrogens is 759 g/mol. The minimum absolute atomic E-state index is 0.00718. The Bertz CT molecular complexity index is 1600. The summed E-state index contributed by atoms with van der Waals surface area (Å²) < 4.78 is 35.3. The first-order valence-corrected chi connectivity index (χ1v) is 27.2. The zero-order valence-electron chi connectivity index (χ0n) is 38.6. The predicted molar refractivity (Wildman–Crippen MR) is 231 cm³/mol. The minimum Gasteiger partial charge on any atom is -0.443 e. The molecule has 11 heteroatoms. The van der Waals surface area contributed by atoms with E-state index in [4.69, 9.17) is 23.4 Å². The van der Waals surface area contributed by atoms with Crippen LogP contribution in [0.2, 0.25) is 18.1 Å². The van der Waals surface area contributed by atoms with Gasteiger partial charge in [0.05, 0.1) is 43.6 Å². The van der Waals surface area contributed by atoms with Crippen molar-refractivity contribution in [2.75, 3.05) is 39.3 Å². The second kappa shape index (κ2) is 15.2. The lowest BCUT2D eigenvalue weighted by Gasteiger charge is -2.64. The van der Waals surface area contributed by atoms with Gasteiger partial charge in [-0.2, -0.15) is 0 Å². The summed E-state index contributed by atoms with van der Waals surface area (Å²) in [6, 6.07) is 3.35. The average Bonchev–Trinajstić information content (AvgIpc) is 3.57. The van der Waals surface area contributed by atoms with Crippen LogP contribution in [0.4, 0.5) is 4.79 Å². The Kier molecular flexibility index (Phi) is 11.1. The van der Waals surface area contributed by atoms with Crippen LogP contribution in [0.3, 0.4) is 0 Å². The summed E-state index contributed by atoms with van der Waals surface area (Å²) in [6.45, 7) is 28.9.